The first-order chi connectivity index (χ1) is 6.64. The molecule has 0 heterocycles. The average molecular weight is 222 g/mol. The summed E-state index contributed by atoms with van der Waals surface area (Å²) in [6.45, 7) is 4.19. The molecular formula is C10H23O3P. The zero-order valence-electron chi connectivity index (χ0n) is 9.78. The Morgan fingerprint density at radius 3 is 2.07 bits per heavy atom. The molecule has 0 saturated carbocycles. The first kappa shape index (κ1) is 14.2. The summed E-state index contributed by atoms with van der Waals surface area (Å²) < 4.78 is 22.0. The van der Waals surface area contributed by atoms with Gasteiger partial charge in [0.15, 0.2) is 0 Å². The second kappa shape index (κ2) is 7.44. The second-order valence-corrected chi connectivity index (χ2v) is 6.00. The second-order valence-electron chi connectivity index (χ2n) is 3.46. The van der Waals surface area contributed by atoms with Gasteiger partial charge >= 0.3 is 7.60 Å². The summed E-state index contributed by atoms with van der Waals surface area (Å²) in [5, 5.41) is 0. The summed E-state index contributed by atoms with van der Waals surface area (Å²) in [6, 6.07) is 0. The van der Waals surface area contributed by atoms with Crippen LogP contribution in [0.4, 0.5) is 0 Å². The highest BCUT2D eigenvalue weighted by Crippen LogP contribution is 2.54. The van der Waals surface area contributed by atoms with Crippen LogP contribution >= 0.6 is 7.60 Å². The third kappa shape index (κ3) is 4.12. The fourth-order valence-corrected chi connectivity index (χ4v) is 3.28. The third-order valence-electron chi connectivity index (χ3n) is 2.57. The maximum Gasteiger partial charge on any atom is 0.333 e. The maximum absolute atomic E-state index is 12.0. The first-order valence-electron chi connectivity index (χ1n) is 5.35. The van der Waals surface area contributed by atoms with Gasteiger partial charge in [0.1, 0.15) is 0 Å². The molecule has 0 rings (SSSR count). The van der Waals surface area contributed by atoms with Crippen LogP contribution in [-0.4, -0.2) is 19.9 Å². The van der Waals surface area contributed by atoms with Gasteiger partial charge in [-0.15, -0.1) is 0 Å². The Kier molecular flexibility index (Phi) is 7.52. The Morgan fingerprint density at radius 2 is 1.71 bits per heavy atom. The van der Waals surface area contributed by atoms with Gasteiger partial charge in [-0.25, -0.2) is 0 Å². The van der Waals surface area contributed by atoms with Crippen molar-refractivity contribution in [2.75, 3.05) is 14.2 Å². The lowest BCUT2D eigenvalue weighted by atomic mass is 10.1. The largest absolute Gasteiger partial charge is 0.333 e. The summed E-state index contributed by atoms with van der Waals surface area (Å²) in [6.07, 6.45) is 5.25. The molecule has 0 fully saturated rings. The van der Waals surface area contributed by atoms with Crippen LogP contribution in [0.2, 0.25) is 0 Å². The molecule has 0 aliphatic rings. The molecule has 0 aromatic heterocycles. The Morgan fingerprint density at radius 1 is 1.14 bits per heavy atom. The Labute approximate surface area is 87.7 Å². The number of hydrogen-bond acceptors (Lipinski definition) is 3. The molecule has 0 aliphatic heterocycles. The highest BCUT2D eigenvalue weighted by molar-refractivity contribution is 7.54. The van der Waals surface area contributed by atoms with Crippen molar-refractivity contribution in [1.29, 1.82) is 0 Å². The zero-order chi connectivity index (χ0) is 11.0. The molecule has 0 aliphatic carbocycles. The van der Waals surface area contributed by atoms with Crippen LogP contribution in [0.5, 0.6) is 0 Å². The van der Waals surface area contributed by atoms with Crippen molar-refractivity contribution in [3.05, 3.63) is 0 Å². The predicted molar refractivity (Wildman–Crippen MR) is 59.8 cm³/mol. The molecule has 0 N–H and O–H groups in total. The lowest BCUT2D eigenvalue weighted by Gasteiger charge is -2.22. The van der Waals surface area contributed by atoms with E-state index in [1.807, 2.05) is 6.92 Å². The summed E-state index contributed by atoms with van der Waals surface area (Å²) in [4.78, 5) is 0. The summed E-state index contributed by atoms with van der Waals surface area (Å²) in [7, 11) is 0.0986. The molecular weight excluding hydrogens is 199 g/mol. The van der Waals surface area contributed by atoms with Crippen LogP contribution in [0, 0.1) is 0 Å². The fourth-order valence-electron chi connectivity index (χ4n) is 1.59. The van der Waals surface area contributed by atoms with Gasteiger partial charge in [0, 0.05) is 14.2 Å². The van der Waals surface area contributed by atoms with Gasteiger partial charge in [0.05, 0.1) is 5.66 Å². The van der Waals surface area contributed by atoms with Gasteiger partial charge in [0.2, 0.25) is 0 Å². The lowest BCUT2D eigenvalue weighted by molar-refractivity contribution is 0.261. The van der Waals surface area contributed by atoms with Crippen molar-refractivity contribution in [2.24, 2.45) is 0 Å². The molecule has 0 bridgehead atoms. The standard InChI is InChI=1S/C10H23O3P/c1-5-7-8-9-10(6-2)14(11,12-3)13-4/h10H,5-9H2,1-4H3. The molecule has 0 aromatic carbocycles. The molecule has 1 atom stereocenters. The molecule has 1 unspecified atom stereocenters. The molecule has 4 heteroatoms. The smallest absolute Gasteiger partial charge is 0.312 e. The Hall–Kier alpha value is 0.150. The van der Waals surface area contributed by atoms with Gasteiger partial charge in [-0.05, 0) is 12.8 Å². The van der Waals surface area contributed by atoms with Crippen LogP contribution in [0.15, 0.2) is 0 Å². The van der Waals surface area contributed by atoms with Crippen LogP contribution in [0.1, 0.15) is 46.0 Å². The molecule has 3 nitrogen and oxygen atoms in total. The monoisotopic (exact) mass is 222 g/mol. The van der Waals surface area contributed by atoms with E-state index in [1.165, 1.54) is 27.1 Å². The van der Waals surface area contributed by atoms with Crippen LogP contribution in [0.25, 0.3) is 0 Å². The number of rotatable bonds is 8. The van der Waals surface area contributed by atoms with Crippen molar-refractivity contribution in [2.45, 2.75) is 51.6 Å². The minimum Gasteiger partial charge on any atom is -0.312 e. The van der Waals surface area contributed by atoms with Gasteiger partial charge < -0.3 is 9.05 Å². The van der Waals surface area contributed by atoms with Crippen molar-refractivity contribution < 1.29 is 13.6 Å². The summed E-state index contributed by atoms with van der Waals surface area (Å²) >= 11 is 0. The Bertz CT molecular complexity index is 174. The van der Waals surface area contributed by atoms with Gasteiger partial charge in [-0.3, -0.25) is 4.57 Å². The first-order valence-corrected chi connectivity index (χ1v) is 6.96. The topological polar surface area (TPSA) is 35.5 Å². The number of unbranched alkanes of at least 4 members (excludes halogenated alkanes) is 2. The highest BCUT2D eigenvalue weighted by atomic mass is 31.2. The van der Waals surface area contributed by atoms with Crippen LogP contribution in [0.3, 0.4) is 0 Å². The molecule has 0 radical (unpaired) electrons. The van der Waals surface area contributed by atoms with E-state index in [4.69, 9.17) is 9.05 Å². The zero-order valence-corrected chi connectivity index (χ0v) is 10.7. The van der Waals surface area contributed by atoms with E-state index in [0.29, 0.717) is 0 Å². The Balaban J connectivity index is 4.16. The van der Waals surface area contributed by atoms with E-state index >= 15 is 0 Å². The molecule has 0 saturated heterocycles. The maximum atomic E-state index is 12.0. The van der Waals surface area contributed by atoms with Gasteiger partial charge in [-0.1, -0.05) is 33.1 Å². The van der Waals surface area contributed by atoms with Crippen molar-refractivity contribution in [3.8, 4) is 0 Å². The quantitative estimate of drug-likeness (QED) is 0.462. The summed E-state index contributed by atoms with van der Waals surface area (Å²) in [5.74, 6) is 0. The minimum absolute atomic E-state index is 0.0593. The van der Waals surface area contributed by atoms with Crippen LogP contribution in [-0.2, 0) is 13.6 Å². The molecule has 86 valence electrons. The third-order valence-corrected chi connectivity index (χ3v) is 5.10. The normalized spacial score (nSPS) is 14.3. The lowest BCUT2D eigenvalue weighted by Crippen LogP contribution is -2.10. The fraction of sp³-hybridized carbons (Fsp3) is 1.00. The van der Waals surface area contributed by atoms with Crippen molar-refractivity contribution in [3.63, 3.8) is 0 Å². The van der Waals surface area contributed by atoms with Crippen molar-refractivity contribution in [1.82, 2.24) is 0 Å². The van der Waals surface area contributed by atoms with E-state index in [9.17, 15) is 4.57 Å². The summed E-state index contributed by atoms with van der Waals surface area (Å²) in [5.41, 5.74) is 0.0593. The molecule has 14 heavy (non-hydrogen) atoms. The van der Waals surface area contributed by atoms with E-state index in [0.717, 1.165) is 19.3 Å². The van der Waals surface area contributed by atoms with E-state index < -0.39 is 7.60 Å². The van der Waals surface area contributed by atoms with Crippen molar-refractivity contribution >= 4 is 7.60 Å². The minimum atomic E-state index is -2.83. The SMILES string of the molecule is CCCCCC(CC)P(=O)(OC)OC. The molecule has 0 spiro atoms. The van der Waals surface area contributed by atoms with E-state index in [1.54, 1.807) is 0 Å². The predicted octanol–water partition coefficient (Wildman–Crippen LogP) is 3.83. The molecule has 0 aromatic rings. The van der Waals surface area contributed by atoms with E-state index in [-0.39, 0.29) is 5.66 Å². The van der Waals surface area contributed by atoms with Gasteiger partial charge in [-0.2, -0.15) is 0 Å². The molecule has 0 amide bonds. The number of hydrogen-bond donors (Lipinski definition) is 0. The highest BCUT2D eigenvalue weighted by Gasteiger charge is 2.31. The van der Waals surface area contributed by atoms with Crippen LogP contribution < -0.4 is 0 Å². The average Bonchev–Trinajstić information content (AvgIpc) is 2.23. The van der Waals surface area contributed by atoms with E-state index in [2.05, 4.69) is 6.92 Å². The van der Waals surface area contributed by atoms with Gasteiger partial charge in [0.25, 0.3) is 0 Å².